The lowest BCUT2D eigenvalue weighted by Crippen LogP contribution is -2.27. The fraction of sp³-hybridized carbons (Fsp3) is 0.500. The molecule has 0 radical (unpaired) electrons. The van der Waals surface area contributed by atoms with Crippen molar-refractivity contribution in [1.29, 1.82) is 0 Å². The van der Waals surface area contributed by atoms with Gasteiger partial charge in [-0.1, -0.05) is 6.58 Å². The van der Waals surface area contributed by atoms with Crippen LogP contribution in [0.3, 0.4) is 0 Å². The lowest BCUT2D eigenvalue weighted by atomic mass is 10.3. The molecule has 0 aliphatic carbocycles. The molecule has 1 unspecified atom stereocenters. The Bertz CT molecular complexity index is 181. The normalized spacial score (nSPS) is 26.2. The molecule has 0 aromatic heterocycles. The van der Waals surface area contributed by atoms with Gasteiger partial charge in [-0.3, -0.25) is 9.69 Å². The van der Waals surface area contributed by atoms with E-state index in [1.807, 2.05) is 0 Å². The van der Waals surface area contributed by atoms with E-state index in [0.717, 1.165) is 0 Å². The molecule has 1 atom stereocenters. The van der Waals surface area contributed by atoms with Crippen LogP contribution < -0.4 is 0 Å². The average molecular weight is 159 g/mol. The molecular weight excluding hydrogens is 150 g/mol. The fourth-order valence-electron chi connectivity index (χ4n) is 0.926. The highest BCUT2D eigenvalue weighted by molar-refractivity contribution is 7.81. The van der Waals surface area contributed by atoms with Gasteiger partial charge in [0.05, 0.1) is 5.25 Å². The number of carbonyl (C=O) groups excluding carboxylic acids is 1. The second kappa shape index (κ2) is 2.64. The third-order valence-electron chi connectivity index (χ3n) is 1.50. The topological polar surface area (TPSA) is 40.5 Å². The number of amides is 1. The van der Waals surface area contributed by atoms with Crippen molar-refractivity contribution in [2.45, 2.75) is 11.7 Å². The van der Waals surface area contributed by atoms with Crippen LogP contribution in [0.4, 0.5) is 0 Å². The van der Waals surface area contributed by atoms with Gasteiger partial charge in [0.2, 0.25) is 5.91 Å². The molecule has 1 saturated heterocycles. The summed E-state index contributed by atoms with van der Waals surface area (Å²) in [6.07, 6.45) is 0.544. The smallest absolute Gasteiger partial charge is 0.241 e. The average Bonchev–Trinajstić information content (AvgIpc) is 2.09. The summed E-state index contributed by atoms with van der Waals surface area (Å²) in [5.74, 6) is -0.157. The van der Waals surface area contributed by atoms with Crippen molar-refractivity contribution in [1.82, 2.24) is 4.90 Å². The first-order chi connectivity index (χ1) is 4.66. The van der Waals surface area contributed by atoms with Gasteiger partial charge in [-0.25, -0.2) is 0 Å². The monoisotopic (exact) mass is 159 g/mol. The predicted molar refractivity (Wildman–Crippen MR) is 40.5 cm³/mol. The van der Waals surface area contributed by atoms with Crippen molar-refractivity contribution in [3.63, 3.8) is 0 Å². The van der Waals surface area contributed by atoms with E-state index in [9.17, 15) is 4.79 Å². The van der Waals surface area contributed by atoms with Crippen LogP contribution in [0.2, 0.25) is 0 Å². The summed E-state index contributed by atoms with van der Waals surface area (Å²) < 4.78 is 0. The van der Waals surface area contributed by atoms with E-state index in [1.54, 1.807) is 0 Å². The number of aliphatic hydroxyl groups excluding tert-OH is 1. The summed E-state index contributed by atoms with van der Waals surface area (Å²) in [4.78, 5) is 12.2. The molecule has 0 bridgehead atoms. The first-order valence-electron chi connectivity index (χ1n) is 2.95. The molecule has 10 heavy (non-hydrogen) atoms. The Hall–Kier alpha value is -0.480. The number of allylic oxidation sites excluding steroid dienone is 1. The lowest BCUT2D eigenvalue weighted by Gasteiger charge is -2.11. The zero-order valence-corrected chi connectivity index (χ0v) is 6.34. The van der Waals surface area contributed by atoms with Gasteiger partial charge in [0.15, 0.2) is 0 Å². The Balaban J connectivity index is 2.74. The number of hydrogen-bond acceptors (Lipinski definition) is 3. The molecule has 1 heterocycles. The Morgan fingerprint density at radius 3 is 2.70 bits per heavy atom. The number of hydrogen-bond donors (Lipinski definition) is 2. The van der Waals surface area contributed by atoms with E-state index < -0.39 is 0 Å². The number of rotatable bonds is 1. The van der Waals surface area contributed by atoms with E-state index in [-0.39, 0.29) is 17.9 Å². The molecule has 0 aromatic rings. The van der Waals surface area contributed by atoms with Crippen LogP contribution in [0.5, 0.6) is 0 Å². The molecule has 1 aliphatic heterocycles. The quantitative estimate of drug-likeness (QED) is 0.528. The SMILES string of the molecule is C=C1CC(S)C(=O)N1CO. The molecule has 0 saturated carbocycles. The Morgan fingerprint density at radius 1 is 1.90 bits per heavy atom. The van der Waals surface area contributed by atoms with Gasteiger partial charge in [-0.2, -0.15) is 12.6 Å². The van der Waals surface area contributed by atoms with Gasteiger partial charge in [0, 0.05) is 12.1 Å². The van der Waals surface area contributed by atoms with Gasteiger partial charge in [-0.15, -0.1) is 0 Å². The largest absolute Gasteiger partial charge is 0.376 e. The molecule has 0 spiro atoms. The Labute approximate surface area is 64.7 Å². The lowest BCUT2D eigenvalue weighted by molar-refractivity contribution is -0.128. The minimum atomic E-state index is -0.306. The first kappa shape index (κ1) is 7.63. The van der Waals surface area contributed by atoms with Crippen molar-refractivity contribution < 1.29 is 9.90 Å². The maximum Gasteiger partial charge on any atom is 0.241 e. The minimum Gasteiger partial charge on any atom is -0.376 e. The van der Waals surface area contributed by atoms with E-state index >= 15 is 0 Å². The van der Waals surface area contributed by atoms with Crippen LogP contribution in [0, 0.1) is 0 Å². The Morgan fingerprint density at radius 2 is 2.50 bits per heavy atom. The van der Waals surface area contributed by atoms with Crippen LogP contribution >= 0.6 is 12.6 Å². The van der Waals surface area contributed by atoms with E-state index in [1.165, 1.54) is 4.90 Å². The zero-order valence-electron chi connectivity index (χ0n) is 5.45. The molecular formula is C6H9NO2S. The number of carbonyl (C=O) groups is 1. The minimum absolute atomic E-state index is 0.157. The summed E-state index contributed by atoms with van der Waals surface area (Å²) >= 11 is 4.00. The molecule has 4 heteroatoms. The van der Waals surface area contributed by atoms with E-state index in [2.05, 4.69) is 19.2 Å². The van der Waals surface area contributed by atoms with Crippen LogP contribution in [0.25, 0.3) is 0 Å². The Kier molecular flexibility index (Phi) is 2.01. The standard InChI is InChI=1S/C6H9NO2S/c1-4-2-5(10)6(9)7(4)3-8/h5,8,10H,1-3H2. The summed E-state index contributed by atoms with van der Waals surface area (Å²) in [5, 5.41) is 8.33. The second-order valence-electron chi connectivity index (χ2n) is 2.19. The summed E-state index contributed by atoms with van der Waals surface area (Å²) in [6.45, 7) is 3.32. The van der Waals surface area contributed by atoms with Gasteiger partial charge >= 0.3 is 0 Å². The number of thiol groups is 1. The van der Waals surface area contributed by atoms with Gasteiger partial charge < -0.3 is 5.11 Å². The van der Waals surface area contributed by atoms with Gasteiger partial charge in [0.25, 0.3) is 0 Å². The molecule has 1 aliphatic rings. The molecule has 1 fully saturated rings. The summed E-state index contributed by atoms with van der Waals surface area (Å²) in [6, 6.07) is 0. The first-order valence-corrected chi connectivity index (χ1v) is 3.46. The van der Waals surface area contributed by atoms with Crippen LogP contribution in [0.1, 0.15) is 6.42 Å². The zero-order chi connectivity index (χ0) is 7.72. The van der Waals surface area contributed by atoms with Crippen molar-refractivity contribution in [3.05, 3.63) is 12.3 Å². The maximum atomic E-state index is 11.0. The third-order valence-corrected chi connectivity index (χ3v) is 1.91. The molecule has 1 rings (SSSR count). The molecule has 56 valence electrons. The molecule has 1 amide bonds. The fourth-order valence-corrected chi connectivity index (χ4v) is 1.28. The van der Waals surface area contributed by atoms with Crippen molar-refractivity contribution >= 4 is 18.5 Å². The highest BCUT2D eigenvalue weighted by Crippen LogP contribution is 2.23. The molecule has 1 N–H and O–H groups in total. The highest BCUT2D eigenvalue weighted by Gasteiger charge is 2.31. The van der Waals surface area contributed by atoms with E-state index in [4.69, 9.17) is 5.11 Å². The third kappa shape index (κ3) is 1.04. The van der Waals surface area contributed by atoms with E-state index in [0.29, 0.717) is 12.1 Å². The highest BCUT2D eigenvalue weighted by atomic mass is 32.1. The van der Waals surface area contributed by atoms with Gasteiger partial charge in [0.1, 0.15) is 6.73 Å². The van der Waals surface area contributed by atoms with Gasteiger partial charge in [-0.05, 0) is 0 Å². The maximum absolute atomic E-state index is 11.0. The number of nitrogens with zero attached hydrogens (tertiary/aromatic N) is 1. The van der Waals surface area contributed by atoms with Crippen molar-refractivity contribution in [2.24, 2.45) is 0 Å². The number of aliphatic hydroxyl groups is 1. The van der Waals surface area contributed by atoms with Crippen LogP contribution in [-0.2, 0) is 4.79 Å². The van der Waals surface area contributed by atoms with Crippen LogP contribution in [-0.4, -0.2) is 27.9 Å². The van der Waals surface area contributed by atoms with Crippen LogP contribution in [0.15, 0.2) is 12.3 Å². The molecule has 3 nitrogen and oxygen atoms in total. The predicted octanol–water partition coefficient (Wildman–Crippen LogP) is -0.0194. The number of likely N-dealkylation sites (tertiary alicyclic amines) is 1. The molecule has 0 aromatic carbocycles. The second-order valence-corrected chi connectivity index (χ2v) is 2.82. The summed E-state index contributed by atoms with van der Waals surface area (Å²) in [5.41, 5.74) is 0.646. The van der Waals surface area contributed by atoms with Crippen molar-refractivity contribution in [2.75, 3.05) is 6.73 Å². The van der Waals surface area contributed by atoms with Crippen molar-refractivity contribution in [3.8, 4) is 0 Å². The summed E-state index contributed by atoms with van der Waals surface area (Å²) in [7, 11) is 0.